The third kappa shape index (κ3) is 45.8. The predicted molar refractivity (Wildman–Crippen MR) is 135 cm³/mol. The molecule has 0 aliphatic rings. The van der Waals surface area contributed by atoms with E-state index in [1.54, 1.807) is 19.6 Å². The van der Waals surface area contributed by atoms with Gasteiger partial charge in [-0.2, -0.15) is 0 Å². The quantitative estimate of drug-likeness (QED) is 0.236. The molecule has 0 aliphatic carbocycles. The van der Waals surface area contributed by atoms with E-state index in [-0.39, 0.29) is 21.1 Å². The molecule has 0 saturated carbocycles. The van der Waals surface area contributed by atoms with Crippen LogP contribution in [-0.4, -0.2) is 93.3 Å². The van der Waals surface area contributed by atoms with Crippen molar-refractivity contribution in [2.75, 3.05) is 56.4 Å². The summed E-state index contributed by atoms with van der Waals surface area (Å²) < 4.78 is 2.04. The van der Waals surface area contributed by atoms with Crippen molar-refractivity contribution in [2.24, 2.45) is 0 Å². The Kier molecular flexibility index (Phi) is 34.2. The van der Waals surface area contributed by atoms with E-state index >= 15 is 0 Å². The van der Waals surface area contributed by atoms with Crippen molar-refractivity contribution in [2.45, 2.75) is 0 Å². The third-order valence-electron chi connectivity index (χ3n) is 1.46. The summed E-state index contributed by atoms with van der Waals surface area (Å²) in [6, 6.07) is 0. The Morgan fingerprint density at radius 3 is 0.480 bits per heavy atom. The minimum Gasteiger partial charge on any atom is -0.411 e. The minimum absolute atomic E-state index is 0. The SMILES string of the molecule is CN(C)C(=S)[S-].CN(C)C(=S)[S-].CN(C)C(=S)[S-].CN(C)C(=S)[S-].[Mo+4]. The third-order valence-corrected chi connectivity index (χ3v) is 4.38. The molecule has 0 fully saturated rings. The second kappa shape index (κ2) is 23.2. The molecule has 0 aromatic rings. The largest absolute Gasteiger partial charge is 4.00 e. The van der Waals surface area contributed by atoms with Gasteiger partial charge in [-0.3, -0.25) is 0 Å². The van der Waals surface area contributed by atoms with Gasteiger partial charge in [-0.25, -0.2) is 0 Å². The first-order chi connectivity index (χ1) is 10.6. The van der Waals surface area contributed by atoms with E-state index in [1.165, 1.54) is 0 Å². The van der Waals surface area contributed by atoms with Crippen LogP contribution in [0.2, 0.25) is 0 Å². The smallest absolute Gasteiger partial charge is 0.411 e. The van der Waals surface area contributed by atoms with Crippen LogP contribution in [0.25, 0.3) is 0 Å². The normalized spacial score (nSPS) is 7.36. The number of rotatable bonds is 0. The molecule has 0 spiro atoms. The molecule has 0 aromatic carbocycles. The average Bonchev–Trinajstić information content (AvgIpc) is 2.40. The van der Waals surface area contributed by atoms with Crippen LogP contribution in [0.3, 0.4) is 0 Å². The van der Waals surface area contributed by atoms with Crippen LogP contribution in [0.5, 0.6) is 0 Å². The molecule has 4 nitrogen and oxygen atoms in total. The molecule has 0 aromatic heterocycles. The van der Waals surface area contributed by atoms with Crippen LogP contribution < -0.4 is 0 Å². The summed E-state index contributed by atoms with van der Waals surface area (Å²) in [4.78, 5) is 6.85. The predicted octanol–water partition coefficient (Wildman–Crippen LogP) is 1.52. The molecule has 0 saturated heterocycles. The maximum absolute atomic E-state index is 4.56. The molecule has 0 rings (SSSR count). The Balaban J connectivity index is -0.0000000702. The van der Waals surface area contributed by atoms with Gasteiger partial charge in [0.05, 0.1) is 0 Å². The van der Waals surface area contributed by atoms with Crippen LogP contribution in [0.1, 0.15) is 0 Å². The number of hydrogen-bond acceptors (Lipinski definition) is 8. The molecule has 0 aliphatic heterocycles. The fraction of sp³-hybridized carbons (Fsp3) is 0.667. The van der Waals surface area contributed by atoms with Crippen molar-refractivity contribution in [1.82, 2.24) is 19.6 Å². The van der Waals surface area contributed by atoms with Crippen LogP contribution in [0.15, 0.2) is 0 Å². The maximum Gasteiger partial charge on any atom is 4.00 e. The number of nitrogens with zero attached hydrogens (tertiary/aromatic N) is 4. The molecule has 0 amide bonds. The Morgan fingerprint density at radius 2 is 0.480 bits per heavy atom. The van der Waals surface area contributed by atoms with E-state index in [9.17, 15) is 0 Å². The van der Waals surface area contributed by atoms with Crippen molar-refractivity contribution in [3.63, 3.8) is 0 Å². The standard InChI is InChI=1S/4C3H7NS2.Mo/c4*1-4(2)3(5)6;/h4*1-2H3,(H,5,6);/q;;;;+4/p-4. The Bertz CT molecular complexity index is 317. The van der Waals surface area contributed by atoms with Crippen molar-refractivity contribution in [3.05, 3.63) is 0 Å². The summed E-state index contributed by atoms with van der Waals surface area (Å²) in [5, 5.41) is 0. The summed E-state index contributed by atoms with van der Waals surface area (Å²) in [6.45, 7) is 0. The van der Waals surface area contributed by atoms with E-state index < -0.39 is 0 Å². The number of thiocarbonyl (C=S) groups is 4. The van der Waals surface area contributed by atoms with Gasteiger partial charge >= 0.3 is 21.1 Å². The summed E-state index contributed by atoms with van der Waals surface area (Å²) in [7, 11) is 14.6. The summed E-state index contributed by atoms with van der Waals surface area (Å²) in [5.74, 6) is 0. The summed E-state index contributed by atoms with van der Waals surface area (Å²) in [6.07, 6.45) is 0. The first-order valence-corrected chi connectivity index (χ1v) is 9.37. The van der Waals surface area contributed by atoms with Gasteiger partial charge in [0.2, 0.25) is 0 Å². The maximum atomic E-state index is 4.56. The molecule has 0 unspecified atom stereocenters. The molecule has 0 heterocycles. The monoisotopic (exact) mass is 578 g/mol. The molecule has 0 radical (unpaired) electrons. The molecule has 146 valence electrons. The zero-order valence-corrected chi connectivity index (χ0v) is 24.0. The second-order valence-electron chi connectivity index (χ2n) is 4.64. The van der Waals surface area contributed by atoms with Crippen molar-refractivity contribution in [3.8, 4) is 0 Å². The van der Waals surface area contributed by atoms with Gasteiger partial charge in [0.15, 0.2) is 0 Å². The van der Waals surface area contributed by atoms with Crippen LogP contribution >= 0.6 is 48.9 Å². The van der Waals surface area contributed by atoms with Crippen LogP contribution in [0.4, 0.5) is 0 Å². The van der Waals surface area contributed by atoms with Gasteiger partial charge in [-0.05, 0) is 0 Å². The zero-order valence-electron chi connectivity index (χ0n) is 15.5. The van der Waals surface area contributed by atoms with Crippen LogP contribution in [-0.2, 0) is 71.6 Å². The van der Waals surface area contributed by atoms with Gasteiger partial charge in [0.1, 0.15) is 0 Å². The molecule has 25 heavy (non-hydrogen) atoms. The molecule has 0 atom stereocenters. The van der Waals surface area contributed by atoms with E-state index in [1.807, 2.05) is 56.4 Å². The summed E-state index contributed by atoms with van der Waals surface area (Å²) in [5.41, 5.74) is 0. The van der Waals surface area contributed by atoms with Gasteiger partial charge in [-0.15, -0.1) is 0 Å². The summed E-state index contributed by atoms with van der Waals surface area (Å²) >= 11 is 36.5. The molecule has 0 bridgehead atoms. The Morgan fingerprint density at radius 1 is 0.440 bits per heavy atom. The van der Waals surface area contributed by atoms with E-state index in [2.05, 4.69) is 99.4 Å². The van der Waals surface area contributed by atoms with Gasteiger partial charge in [0, 0.05) is 56.4 Å². The van der Waals surface area contributed by atoms with Crippen molar-refractivity contribution < 1.29 is 21.1 Å². The van der Waals surface area contributed by atoms with Crippen molar-refractivity contribution >= 4 is 117 Å². The first-order valence-electron chi connectivity index (χ1n) is 6.11. The molecular formula is C12H24MoN4S8. The molecular weight excluding hydrogens is 553 g/mol. The molecule has 0 N–H and O–H groups in total. The minimum atomic E-state index is 0. The Hall–Kier alpha value is 1.13. The molecule has 13 heteroatoms. The Labute approximate surface area is 211 Å². The van der Waals surface area contributed by atoms with Gasteiger partial charge in [-0.1, -0.05) is 17.3 Å². The topological polar surface area (TPSA) is 13.0 Å². The first kappa shape index (κ1) is 37.0. The van der Waals surface area contributed by atoms with Crippen LogP contribution in [0, 0.1) is 0 Å². The zero-order chi connectivity index (χ0) is 20.6. The van der Waals surface area contributed by atoms with E-state index in [0.29, 0.717) is 17.3 Å². The van der Waals surface area contributed by atoms with E-state index in [0.717, 1.165) is 0 Å². The average molecular weight is 577 g/mol. The fourth-order valence-electron chi connectivity index (χ4n) is 0. The van der Waals surface area contributed by atoms with Gasteiger partial charge < -0.3 is 119 Å². The van der Waals surface area contributed by atoms with E-state index in [4.69, 9.17) is 0 Å². The van der Waals surface area contributed by atoms with Crippen molar-refractivity contribution in [1.29, 1.82) is 0 Å². The second-order valence-corrected chi connectivity index (χ2v) is 8.77. The number of hydrogen-bond donors (Lipinski definition) is 0. The van der Waals surface area contributed by atoms with Gasteiger partial charge in [0.25, 0.3) is 0 Å². The fourth-order valence-corrected chi connectivity index (χ4v) is 0.